The van der Waals surface area contributed by atoms with Gasteiger partial charge in [0.25, 0.3) is 5.56 Å². The Morgan fingerprint density at radius 1 is 1.23 bits per heavy atom. The molecule has 7 rings (SSSR count). The standard InChI is InChI=1S/C25H29N5O/c1-3-8-30-20-21(27-23(30)25-12-17-9-18(13-25)11-19(25)10-17)28-24(29-22(20)31)26-14-16-6-4-15(2)5-7-16/h4-7,10,17-18H,3,8-9,11-14H2,1-2H3,(H2,26,28,29,31). The molecule has 31 heavy (non-hydrogen) atoms. The van der Waals surface area contributed by atoms with Gasteiger partial charge in [0.15, 0.2) is 11.2 Å². The first kappa shape index (κ1) is 18.8. The van der Waals surface area contributed by atoms with E-state index in [4.69, 9.17) is 9.97 Å². The van der Waals surface area contributed by atoms with Crippen LogP contribution in [0.2, 0.25) is 0 Å². The van der Waals surface area contributed by atoms with Crippen molar-refractivity contribution in [1.29, 1.82) is 0 Å². The lowest BCUT2D eigenvalue weighted by Crippen LogP contribution is -2.31. The van der Waals surface area contributed by atoms with Gasteiger partial charge in [-0.05, 0) is 56.4 Å². The van der Waals surface area contributed by atoms with Gasteiger partial charge in [0.05, 0.1) is 5.41 Å². The number of aromatic amines is 1. The molecule has 2 saturated carbocycles. The number of benzene rings is 1. The van der Waals surface area contributed by atoms with Crippen molar-refractivity contribution in [2.75, 3.05) is 5.32 Å². The number of H-pyrrole nitrogens is 1. The number of nitrogens with zero attached hydrogens (tertiary/aromatic N) is 3. The molecule has 2 heterocycles. The maximum atomic E-state index is 13.1. The van der Waals surface area contributed by atoms with Crippen LogP contribution >= 0.6 is 0 Å². The van der Waals surface area contributed by atoms with E-state index in [-0.39, 0.29) is 11.0 Å². The molecule has 6 nitrogen and oxygen atoms in total. The molecule has 2 aromatic heterocycles. The fraction of sp³-hybridized carbons (Fsp3) is 0.480. The predicted molar refractivity (Wildman–Crippen MR) is 122 cm³/mol. The van der Waals surface area contributed by atoms with E-state index >= 15 is 0 Å². The molecular weight excluding hydrogens is 386 g/mol. The van der Waals surface area contributed by atoms with E-state index in [9.17, 15) is 4.79 Å². The third-order valence-corrected chi connectivity index (χ3v) is 7.51. The van der Waals surface area contributed by atoms with Gasteiger partial charge in [-0.15, -0.1) is 0 Å². The second kappa shape index (κ2) is 6.81. The van der Waals surface area contributed by atoms with Crippen molar-refractivity contribution in [3.8, 4) is 0 Å². The van der Waals surface area contributed by atoms with Gasteiger partial charge in [0.1, 0.15) is 5.82 Å². The zero-order chi connectivity index (χ0) is 21.2. The highest BCUT2D eigenvalue weighted by molar-refractivity contribution is 5.73. The van der Waals surface area contributed by atoms with E-state index in [2.05, 4.69) is 59.1 Å². The molecular formula is C25H29N5O. The minimum Gasteiger partial charge on any atom is -0.352 e. The van der Waals surface area contributed by atoms with Crippen molar-refractivity contribution in [3.05, 3.63) is 63.2 Å². The SMILES string of the molecule is CCCn1c(C23CC4C=C2CC(C4)C3)nc2nc(NCc3ccc(C)cc3)[nH]c(=O)c21. The topological polar surface area (TPSA) is 75.6 Å². The summed E-state index contributed by atoms with van der Waals surface area (Å²) in [7, 11) is 0. The average molecular weight is 416 g/mol. The minimum absolute atomic E-state index is 0.0331. The number of rotatable bonds is 6. The Bertz CT molecular complexity index is 1250. The minimum atomic E-state index is -0.105. The summed E-state index contributed by atoms with van der Waals surface area (Å²) in [6.45, 7) is 5.64. The average Bonchev–Trinajstić information content (AvgIpc) is 3.32. The van der Waals surface area contributed by atoms with Crippen molar-refractivity contribution in [3.63, 3.8) is 0 Å². The van der Waals surface area contributed by atoms with Crippen molar-refractivity contribution >= 4 is 17.1 Å². The number of imidazole rings is 1. The molecule has 0 radical (unpaired) electrons. The van der Waals surface area contributed by atoms with Crippen LogP contribution in [0.25, 0.3) is 11.2 Å². The first-order valence-corrected chi connectivity index (χ1v) is 11.6. The molecule has 160 valence electrons. The second-order valence-electron chi connectivity index (χ2n) is 9.76. The highest BCUT2D eigenvalue weighted by atomic mass is 16.1. The number of nitrogens with one attached hydrogen (secondary N) is 2. The molecule has 0 saturated heterocycles. The van der Waals surface area contributed by atoms with E-state index in [1.807, 2.05) is 0 Å². The van der Waals surface area contributed by atoms with E-state index in [0.717, 1.165) is 36.7 Å². The van der Waals surface area contributed by atoms with Gasteiger partial charge in [-0.1, -0.05) is 48.4 Å². The van der Waals surface area contributed by atoms with Crippen LogP contribution in [0.4, 0.5) is 5.95 Å². The van der Waals surface area contributed by atoms with E-state index in [1.54, 1.807) is 5.57 Å². The zero-order valence-electron chi connectivity index (χ0n) is 18.2. The lowest BCUT2D eigenvalue weighted by Gasteiger charge is -2.32. The van der Waals surface area contributed by atoms with Crippen molar-refractivity contribution in [2.24, 2.45) is 11.8 Å². The molecule has 3 aromatic rings. The number of hydrogen-bond donors (Lipinski definition) is 2. The van der Waals surface area contributed by atoms with Crippen molar-refractivity contribution < 1.29 is 0 Å². The van der Waals surface area contributed by atoms with Gasteiger partial charge in [0, 0.05) is 13.1 Å². The van der Waals surface area contributed by atoms with Crippen LogP contribution in [0.15, 0.2) is 40.7 Å². The van der Waals surface area contributed by atoms with Gasteiger partial charge in [0.2, 0.25) is 5.95 Å². The molecule has 0 amide bonds. The molecule has 6 heteroatoms. The molecule has 1 aromatic carbocycles. The second-order valence-corrected chi connectivity index (χ2v) is 9.76. The summed E-state index contributed by atoms with van der Waals surface area (Å²) in [5, 5.41) is 3.28. The molecule has 4 bridgehead atoms. The number of anilines is 1. The summed E-state index contributed by atoms with van der Waals surface area (Å²) >= 11 is 0. The zero-order valence-corrected chi connectivity index (χ0v) is 18.2. The Balaban J connectivity index is 1.39. The molecule has 0 aliphatic heterocycles. The predicted octanol–water partition coefficient (Wildman–Crippen LogP) is 4.45. The van der Waals surface area contributed by atoms with Crippen LogP contribution in [0.5, 0.6) is 0 Å². The van der Waals surface area contributed by atoms with E-state index in [1.165, 1.54) is 24.8 Å². The van der Waals surface area contributed by atoms with Crippen molar-refractivity contribution in [2.45, 2.75) is 64.5 Å². The van der Waals surface area contributed by atoms with Crippen LogP contribution in [0, 0.1) is 18.8 Å². The summed E-state index contributed by atoms with van der Waals surface area (Å²) < 4.78 is 2.18. The highest BCUT2D eigenvalue weighted by Crippen LogP contribution is 2.62. The Morgan fingerprint density at radius 2 is 2.06 bits per heavy atom. The molecule has 2 fully saturated rings. The largest absolute Gasteiger partial charge is 0.352 e. The number of allylic oxidation sites excluding steroid dienone is 2. The smallest absolute Gasteiger partial charge is 0.278 e. The van der Waals surface area contributed by atoms with Gasteiger partial charge in [-0.2, -0.15) is 4.98 Å². The van der Waals surface area contributed by atoms with Gasteiger partial charge < -0.3 is 9.88 Å². The van der Waals surface area contributed by atoms with Crippen LogP contribution in [-0.4, -0.2) is 19.5 Å². The van der Waals surface area contributed by atoms with Crippen LogP contribution in [0.3, 0.4) is 0 Å². The third kappa shape index (κ3) is 2.87. The Labute approximate surface area is 181 Å². The summed E-state index contributed by atoms with van der Waals surface area (Å²) in [5.41, 5.74) is 5.07. The van der Waals surface area contributed by atoms with Crippen LogP contribution in [-0.2, 0) is 18.5 Å². The molecule has 0 spiro atoms. The Kier molecular flexibility index (Phi) is 4.14. The van der Waals surface area contributed by atoms with Gasteiger partial charge in [-0.25, -0.2) is 4.98 Å². The maximum absolute atomic E-state index is 13.1. The molecule has 3 unspecified atom stereocenters. The fourth-order valence-electron chi connectivity index (χ4n) is 6.33. The van der Waals surface area contributed by atoms with E-state index in [0.29, 0.717) is 29.6 Å². The van der Waals surface area contributed by atoms with Gasteiger partial charge >= 0.3 is 0 Å². The number of aromatic nitrogens is 4. The Morgan fingerprint density at radius 3 is 2.84 bits per heavy atom. The lowest BCUT2D eigenvalue weighted by atomic mass is 9.74. The Hall–Kier alpha value is -2.89. The monoisotopic (exact) mass is 415 g/mol. The number of aryl methyl sites for hydroxylation is 2. The first-order valence-electron chi connectivity index (χ1n) is 11.6. The third-order valence-electron chi connectivity index (χ3n) is 7.51. The maximum Gasteiger partial charge on any atom is 0.278 e. The fourth-order valence-corrected chi connectivity index (χ4v) is 6.33. The molecule has 3 atom stereocenters. The van der Waals surface area contributed by atoms with Gasteiger partial charge in [-0.3, -0.25) is 9.78 Å². The molecule has 4 aliphatic rings. The summed E-state index contributed by atoms with van der Waals surface area (Å²) in [5.74, 6) is 3.04. The molecule has 2 N–H and O–H groups in total. The van der Waals surface area contributed by atoms with Crippen molar-refractivity contribution in [1.82, 2.24) is 19.5 Å². The number of fused-ring (bicyclic) bond motifs is 1. The van der Waals surface area contributed by atoms with Crippen LogP contribution in [0.1, 0.15) is 56.0 Å². The highest BCUT2D eigenvalue weighted by Gasteiger charge is 2.56. The quantitative estimate of drug-likeness (QED) is 0.583. The number of hydrogen-bond acceptors (Lipinski definition) is 4. The normalized spacial score (nSPS) is 26.1. The van der Waals surface area contributed by atoms with E-state index < -0.39 is 0 Å². The summed E-state index contributed by atoms with van der Waals surface area (Å²) in [6.07, 6.45) is 8.34. The first-order chi connectivity index (χ1) is 15.1. The summed E-state index contributed by atoms with van der Waals surface area (Å²) in [4.78, 5) is 25.9. The van der Waals surface area contributed by atoms with Crippen LogP contribution < -0.4 is 10.9 Å². The summed E-state index contributed by atoms with van der Waals surface area (Å²) in [6, 6.07) is 8.36. The molecule has 4 aliphatic carbocycles. The lowest BCUT2D eigenvalue weighted by molar-refractivity contribution is 0.274.